The second kappa shape index (κ2) is 6.95. The number of nitrogens with one attached hydrogen (secondary N) is 2. The topological polar surface area (TPSA) is 114 Å². The van der Waals surface area contributed by atoms with Gasteiger partial charge in [0.2, 0.25) is 5.13 Å². The van der Waals surface area contributed by atoms with Gasteiger partial charge in [0, 0.05) is 11.8 Å². The van der Waals surface area contributed by atoms with E-state index in [1.54, 1.807) is 24.3 Å². The second-order valence-corrected chi connectivity index (χ2v) is 7.82. The molecule has 2 heterocycles. The van der Waals surface area contributed by atoms with Crippen LogP contribution in [0, 0.1) is 6.92 Å². The fourth-order valence-electron chi connectivity index (χ4n) is 1.98. The van der Waals surface area contributed by atoms with Crippen LogP contribution in [-0.2, 0) is 10.0 Å². The van der Waals surface area contributed by atoms with Crippen molar-refractivity contribution in [1.82, 2.24) is 15.2 Å². The van der Waals surface area contributed by atoms with Gasteiger partial charge in [-0.25, -0.2) is 0 Å². The number of sulfonamides is 1. The number of hydrogen-bond donors (Lipinski definition) is 2. The molecule has 3 rings (SSSR count). The van der Waals surface area contributed by atoms with Crippen molar-refractivity contribution in [2.45, 2.75) is 11.3 Å². The van der Waals surface area contributed by atoms with E-state index >= 15 is 0 Å². The number of benzene rings is 1. The third-order valence-electron chi connectivity index (χ3n) is 3.16. The van der Waals surface area contributed by atoms with Gasteiger partial charge in [-0.05, 0) is 30.7 Å². The minimum Gasteiger partial charge on any atom is -0.296 e. The fraction of sp³-hybridized carbons (Fsp3) is 0.0667. The molecule has 0 saturated carbocycles. The smallest absolute Gasteiger partial charge is 0.291 e. The van der Waals surface area contributed by atoms with E-state index in [-0.39, 0.29) is 15.4 Å². The van der Waals surface area contributed by atoms with Gasteiger partial charge in [0.1, 0.15) is 0 Å². The summed E-state index contributed by atoms with van der Waals surface area (Å²) in [7, 11) is -3.90. The normalized spacial score (nSPS) is 11.1. The summed E-state index contributed by atoms with van der Waals surface area (Å²) in [5, 5.41) is 10.0. The summed E-state index contributed by atoms with van der Waals surface area (Å²) in [6.07, 6.45) is 2.90. The molecule has 0 saturated heterocycles. The predicted octanol–water partition coefficient (Wildman–Crippen LogP) is 2.29. The van der Waals surface area contributed by atoms with E-state index < -0.39 is 10.0 Å². The van der Waals surface area contributed by atoms with Crippen LogP contribution in [0.3, 0.4) is 0 Å². The Morgan fingerprint density at radius 2 is 1.92 bits per heavy atom. The molecule has 0 aliphatic carbocycles. The predicted molar refractivity (Wildman–Crippen MR) is 94.1 cm³/mol. The van der Waals surface area contributed by atoms with Crippen LogP contribution in [0.5, 0.6) is 0 Å². The van der Waals surface area contributed by atoms with Crippen molar-refractivity contribution in [2.24, 2.45) is 0 Å². The van der Waals surface area contributed by atoms with E-state index in [0.717, 1.165) is 16.9 Å². The van der Waals surface area contributed by atoms with Crippen LogP contribution in [0.2, 0.25) is 0 Å². The van der Waals surface area contributed by atoms with Crippen molar-refractivity contribution in [3.05, 3.63) is 59.9 Å². The summed E-state index contributed by atoms with van der Waals surface area (Å²) in [6.45, 7) is 1.81. The second-order valence-electron chi connectivity index (χ2n) is 4.99. The number of aromatic nitrogens is 3. The maximum Gasteiger partial charge on any atom is 0.291 e. The molecule has 0 bridgehead atoms. The van der Waals surface area contributed by atoms with Crippen LogP contribution in [0.4, 0.5) is 10.8 Å². The SMILES string of the molecule is Cc1ccccc1C(=O)Nc1nnc(S(=O)(=O)Nc2cccnc2)s1. The zero-order chi connectivity index (χ0) is 17.9. The number of pyridine rings is 1. The number of rotatable bonds is 5. The Morgan fingerprint density at radius 1 is 1.12 bits per heavy atom. The number of carbonyl (C=O) groups excluding carboxylic acids is 1. The molecular weight excluding hydrogens is 362 g/mol. The maximum atomic E-state index is 12.3. The average molecular weight is 375 g/mol. The highest BCUT2D eigenvalue weighted by Gasteiger charge is 2.21. The fourth-order valence-corrected chi connectivity index (χ4v) is 3.92. The molecule has 10 heteroatoms. The molecule has 128 valence electrons. The summed E-state index contributed by atoms with van der Waals surface area (Å²) in [5.41, 5.74) is 1.59. The Labute approximate surface area is 148 Å². The van der Waals surface area contributed by atoms with Crippen LogP contribution in [0.15, 0.2) is 53.1 Å². The Hall–Kier alpha value is -2.85. The van der Waals surface area contributed by atoms with E-state index in [1.165, 1.54) is 12.4 Å². The lowest BCUT2D eigenvalue weighted by Gasteiger charge is -2.04. The van der Waals surface area contributed by atoms with E-state index in [0.29, 0.717) is 11.3 Å². The highest BCUT2D eigenvalue weighted by Crippen LogP contribution is 2.23. The molecule has 1 amide bonds. The van der Waals surface area contributed by atoms with Gasteiger partial charge < -0.3 is 0 Å². The molecule has 0 aliphatic heterocycles. The van der Waals surface area contributed by atoms with E-state index in [2.05, 4.69) is 25.2 Å². The summed E-state index contributed by atoms with van der Waals surface area (Å²) in [6, 6.07) is 10.2. The van der Waals surface area contributed by atoms with Gasteiger partial charge in [0.25, 0.3) is 20.3 Å². The van der Waals surface area contributed by atoms with Gasteiger partial charge in [-0.1, -0.05) is 29.5 Å². The Morgan fingerprint density at radius 3 is 2.64 bits per heavy atom. The first-order valence-corrected chi connectivity index (χ1v) is 9.39. The monoisotopic (exact) mass is 375 g/mol. The molecule has 0 spiro atoms. The number of carbonyl (C=O) groups is 1. The molecule has 25 heavy (non-hydrogen) atoms. The Bertz CT molecular complexity index is 1000. The minimum absolute atomic E-state index is 0.0971. The van der Waals surface area contributed by atoms with Gasteiger partial charge in [-0.3, -0.25) is 19.8 Å². The summed E-state index contributed by atoms with van der Waals surface area (Å²) in [4.78, 5) is 16.1. The van der Waals surface area contributed by atoms with E-state index in [9.17, 15) is 13.2 Å². The van der Waals surface area contributed by atoms with Crippen molar-refractivity contribution in [2.75, 3.05) is 10.0 Å². The minimum atomic E-state index is -3.90. The molecule has 0 unspecified atom stereocenters. The molecule has 1 aromatic carbocycles. The molecule has 0 aliphatic rings. The molecule has 8 nitrogen and oxygen atoms in total. The largest absolute Gasteiger partial charge is 0.296 e. The molecule has 2 aromatic heterocycles. The Kier molecular flexibility index (Phi) is 4.72. The van der Waals surface area contributed by atoms with Crippen LogP contribution in [0.25, 0.3) is 0 Å². The molecular formula is C15H13N5O3S2. The van der Waals surface area contributed by atoms with E-state index in [4.69, 9.17) is 0 Å². The lowest BCUT2D eigenvalue weighted by molar-refractivity contribution is 0.102. The number of aryl methyl sites for hydroxylation is 1. The van der Waals surface area contributed by atoms with E-state index in [1.807, 2.05) is 19.1 Å². The van der Waals surface area contributed by atoms with Crippen LogP contribution < -0.4 is 10.0 Å². The number of nitrogens with zero attached hydrogens (tertiary/aromatic N) is 3. The van der Waals surface area contributed by atoms with Gasteiger partial charge in [-0.2, -0.15) is 8.42 Å². The van der Waals surface area contributed by atoms with Crippen molar-refractivity contribution in [1.29, 1.82) is 0 Å². The third-order valence-corrected chi connectivity index (χ3v) is 5.75. The molecule has 0 atom stereocenters. The first-order chi connectivity index (χ1) is 12.0. The Balaban J connectivity index is 1.76. The summed E-state index contributed by atoms with van der Waals surface area (Å²) >= 11 is 0.763. The van der Waals surface area contributed by atoms with Crippen LogP contribution in [-0.4, -0.2) is 29.5 Å². The number of hydrogen-bond acceptors (Lipinski definition) is 7. The van der Waals surface area contributed by atoms with Crippen LogP contribution in [0.1, 0.15) is 15.9 Å². The van der Waals surface area contributed by atoms with Crippen LogP contribution >= 0.6 is 11.3 Å². The highest BCUT2D eigenvalue weighted by atomic mass is 32.2. The van der Waals surface area contributed by atoms with Gasteiger partial charge >= 0.3 is 0 Å². The zero-order valence-electron chi connectivity index (χ0n) is 13.0. The molecule has 0 fully saturated rings. The number of anilines is 2. The molecule has 2 N–H and O–H groups in total. The number of amides is 1. The third kappa shape index (κ3) is 3.98. The van der Waals surface area contributed by atoms with Crippen molar-refractivity contribution in [3.8, 4) is 0 Å². The van der Waals surface area contributed by atoms with Crippen molar-refractivity contribution in [3.63, 3.8) is 0 Å². The van der Waals surface area contributed by atoms with Gasteiger partial charge in [0.15, 0.2) is 0 Å². The van der Waals surface area contributed by atoms with Gasteiger partial charge in [0.05, 0.1) is 11.9 Å². The highest BCUT2D eigenvalue weighted by molar-refractivity contribution is 7.94. The molecule has 0 radical (unpaired) electrons. The molecule has 3 aromatic rings. The zero-order valence-corrected chi connectivity index (χ0v) is 14.6. The van der Waals surface area contributed by atoms with Crippen molar-refractivity contribution >= 4 is 38.1 Å². The van der Waals surface area contributed by atoms with Gasteiger partial charge in [-0.15, -0.1) is 10.2 Å². The summed E-state index contributed by atoms with van der Waals surface area (Å²) < 4.78 is 26.7. The lowest BCUT2D eigenvalue weighted by atomic mass is 10.1. The first-order valence-electron chi connectivity index (χ1n) is 7.09. The van der Waals surface area contributed by atoms with Crippen molar-refractivity contribution < 1.29 is 13.2 Å². The quantitative estimate of drug-likeness (QED) is 0.662. The average Bonchev–Trinajstić information content (AvgIpc) is 3.05. The maximum absolute atomic E-state index is 12.3. The standard InChI is InChI=1S/C15H13N5O3S2/c1-10-5-2-3-7-12(10)13(21)17-14-18-19-15(24-14)25(22,23)20-11-6-4-8-16-9-11/h2-9,20H,1H3,(H,17,18,21). The first kappa shape index (κ1) is 17.0. The lowest BCUT2D eigenvalue weighted by Crippen LogP contribution is -2.13. The summed E-state index contributed by atoms with van der Waals surface area (Å²) in [5.74, 6) is -0.376.